The molecule has 0 amide bonds. The lowest BCUT2D eigenvalue weighted by atomic mass is 9.45. The van der Waals surface area contributed by atoms with Crippen molar-refractivity contribution in [1.82, 2.24) is 0 Å². The largest absolute Gasteiger partial charge is 0.462 e. The molecule has 0 bridgehead atoms. The van der Waals surface area contributed by atoms with E-state index in [0.717, 1.165) is 30.1 Å². The van der Waals surface area contributed by atoms with Crippen molar-refractivity contribution >= 4 is 5.97 Å². The van der Waals surface area contributed by atoms with Gasteiger partial charge in [0, 0.05) is 25.9 Å². The number of rotatable bonds is 6. The lowest BCUT2D eigenvalue weighted by Crippen LogP contribution is -2.57. The van der Waals surface area contributed by atoms with Crippen LogP contribution in [0.2, 0.25) is 0 Å². The molecular formula is C31H50O3. The Balaban J connectivity index is 1.40. The van der Waals surface area contributed by atoms with E-state index in [2.05, 4.69) is 41.5 Å². The quantitative estimate of drug-likeness (QED) is 0.296. The average Bonchev–Trinajstić information content (AvgIpc) is 3.28. The molecule has 0 heterocycles. The Bertz CT molecular complexity index is 857. The van der Waals surface area contributed by atoms with Gasteiger partial charge >= 0.3 is 5.97 Å². The van der Waals surface area contributed by atoms with Crippen molar-refractivity contribution in [2.24, 2.45) is 51.8 Å². The molecule has 11 atom stereocenters. The second-order valence-electron chi connectivity index (χ2n) is 14.0. The Labute approximate surface area is 208 Å². The zero-order valence-electron chi connectivity index (χ0n) is 23.2. The predicted molar refractivity (Wildman–Crippen MR) is 137 cm³/mol. The van der Waals surface area contributed by atoms with Gasteiger partial charge in [-0.3, -0.25) is 4.79 Å². The second kappa shape index (κ2) is 8.35. The number of carbonyl (C=O) groups excluding carboxylic acids is 1. The van der Waals surface area contributed by atoms with E-state index in [1.54, 1.807) is 6.92 Å². The molecule has 0 aromatic rings. The number of hydrogen-bond acceptors (Lipinski definition) is 3. The van der Waals surface area contributed by atoms with Crippen LogP contribution in [0.1, 0.15) is 106 Å². The minimum Gasteiger partial charge on any atom is -0.462 e. The molecule has 0 N–H and O–H groups in total. The van der Waals surface area contributed by atoms with Crippen LogP contribution in [0.4, 0.5) is 0 Å². The van der Waals surface area contributed by atoms with E-state index in [-0.39, 0.29) is 12.1 Å². The Hall–Kier alpha value is -0.830. The first-order valence-electron chi connectivity index (χ1n) is 14.3. The van der Waals surface area contributed by atoms with E-state index >= 15 is 0 Å². The summed E-state index contributed by atoms with van der Waals surface area (Å²) in [6.07, 6.45) is 12.3. The summed E-state index contributed by atoms with van der Waals surface area (Å²) >= 11 is 0. The van der Waals surface area contributed by atoms with Gasteiger partial charge in [0.05, 0.1) is 6.10 Å². The van der Waals surface area contributed by atoms with E-state index in [1.807, 2.05) is 7.11 Å². The highest BCUT2D eigenvalue weighted by Crippen LogP contribution is 2.82. The molecule has 0 saturated heterocycles. The maximum absolute atomic E-state index is 12.1. The summed E-state index contributed by atoms with van der Waals surface area (Å²) in [6, 6.07) is 0. The van der Waals surface area contributed by atoms with Crippen molar-refractivity contribution in [1.29, 1.82) is 0 Å². The molecule has 0 radical (unpaired) electrons. The van der Waals surface area contributed by atoms with Crippen molar-refractivity contribution in [3.8, 4) is 0 Å². The fourth-order valence-electron chi connectivity index (χ4n) is 10.8. The summed E-state index contributed by atoms with van der Waals surface area (Å²) in [5.41, 5.74) is 4.08. The van der Waals surface area contributed by atoms with Crippen LogP contribution in [0.5, 0.6) is 0 Å². The van der Waals surface area contributed by atoms with Crippen molar-refractivity contribution < 1.29 is 14.3 Å². The topological polar surface area (TPSA) is 35.5 Å². The van der Waals surface area contributed by atoms with E-state index in [9.17, 15) is 4.79 Å². The summed E-state index contributed by atoms with van der Waals surface area (Å²) in [4.78, 5) is 12.1. The van der Waals surface area contributed by atoms with Crippen LogP contribution in [-0.4, -0.2) is 25.3 Å². The lowest BCUT2D eigenvalue weighted by Gasteiger charge is -2.61. The molecule has 34 heavy (non-hydrogen) atoms. The first-order chi connectivity index (χ1) is 16.0. The van der Waals surface area contributed by atoms with Crippen LogP contribution < -0.4 is 0 Å². The molecule has 192 valence electrons. The van der Waals surface area contributed by atoms with E-state index in [0.29, 0.717) is 34.2 Å². The highest BCUT2D eigenvalue weighted by Gasteiger charge is 2.77. The molecular weight excluding hydrogens is 420 g/mol. The van der Waals surface area contributed by atoms with Gasteiger partial charge in [0.15, 0.2) is 0 Å². The van der Waals surface area contributed by atoms with Crippen molar-refractivity contribution in [3.63, 3.8) is 0 Å². The van der Waals surface area contributed by atoms with Gasteiger partial charge in [-0.05, 0) is 118 Å². The molecule has 5 aliphatic carbocycles. The maximum atomic E-state index is 12.1. The third-order valence-corrected chi connectivity index (χ3v) is 12.8. The van der Waals surface area contributed by atoms with Gasteiger partial charge < -0.3 is 9.47 Å². The van der Waals surface area contributed by atoms with E-state index < -0.39 is 0 Å². The van der Waals surface area contributed by atoms with Crippen molar-refractivity contribution in [2.45, 2.75) is 118 Å². The molecule has 5 fully saturated rings. The SMILES string of the molecule is CO[C@@H]1C[C@H]2[C@@H]3CC[C@H]([C@H](C)[C@@H](CC(C)=C(C)C)OC(C)=O)[C@@]3(C)CC[C@@H]2[C@@]2(C)CC[C@H]3C[C@]312. The summed E-state index contributed by atoms with van der Waals surface area (Å²) in [5.74, 6) is 4.33. The third kappa shape index (κ3) is 3.34. The number of ether oxygens (including phenoxy) is 2. The third-order valence-electron chi connectivity index (χ3n) is 12.8. The fraction of sp³-hybridized carbons (Fsp3) is 0.903. The molecule has 0 unspecified atom stereocenters. The van der Waals surface area contributed by atoms with Crippen LogP contribution in [0, 0.1) is 51.8 Å². The van der Waals surface area contributed by atoms with Gasteiger partial charge in [0.2, 0.25) is 0 Å². The Kier molecular flexibility index (Phi) is 6.10. The average molecular weight is 471 g/mol. The molecule has 3 heteroatoms. The summed E-state index contributed by atoms with van der Waals surface area (Å²) < 4.78 is 12.3. The highest BCUT2D eigenvalue weighted by molar-refractivity contribution is 5.66. The first kappa shape index (κ1) is 24.8. The number of esters is 1. The molecule has 1 spiro atoms. The molecule has 3 nitrogen and oxygen atoms in total. The predicted octanol–water partition coefficient (Wildman–Crippen LogP) is 7.58. The highest BCUT2D eigenvalue weighted by atomic mass is 16.5. The minimum atomic E-state index is -0.129. The number of hydrogen-bond donors (Lipinski definition) is 0. The summed E-state index contributed by atoms with van der Waals surface area (Å²) in [5, 5.41) is 0. The van der Waals surface area contributed by atoms with Crippen LogP contribution in [0.3, 0.4) is 0 Å². The molecule has 0 aromatic heterocycles. The van der Waals surface area contributed by atoms with E-state index in [1.165, 1.54) is 62.5 Å². The first-order valence-corrected chi connectivity index (χ1v) is 14.3. The molecule has 0 aromatic carbocycles. The smallest absolute Gasteiger partial charge is 0.302 e. The van der Waals surface area contributed by atoms with Gasteiger partial charge in [-0.25, -0.2) is 0 Å². The number of methoxy groups -OCH3 is 1. The molecule has 5 rings (SSSR count). The Morgan fingerprint density at radius 2 is 1.74 bits per heavy atom. The standard InChI is InChI=1S/C31H50O3/c1-18(2)19(3)15-27(34-21(5)32)20(4)24-9-10-25-23-16-28(33-8)31-17-22(31)11-14-30(31,7)26(23)12-13-29(24,25)6/h20,22-28H,9-17H2,1-8H3/t20-,22-,23-,24+,25-,26-,27+,28+,29+,30+,31-/m0/s1. The van der Waals surface area contributed by atoms with Crippen LogP contribution >= 0.6 is 0 Å². The number of allylic oxidation sites excluding steroid dienone is 1. The van der Waals surface area contributed by atoms with Crippen molar-refractivity contribution in [2.75, 3.05) is 7.11 Å². The molecule has 5 aliphatic rings. The van der Waals surface area contributed by atoms with Gasteiger partial charge in [0.1, 0.15) is 6.10 Å². The zero-order valence-corrected chi connectivity index (χ0v) is 23.2. The van der Waals surface area contributed by atoms with Gasteiger partial charge in [-0.15, -0.1) is 0 Å². The Morgan fingerprint density at radius 3 is 2.35 bits per heavy atom. The second-order valence-corrected chi connectivity index (χ2v) is 14.0. The van der Waals surface area contributed by atoms with Crippen LogP contribution in [0.15, 0.2) is 11.1 Å². The number of carbonyl (C=O) groups is 1. The normalized spacial score (nSPS) is 48.1. The Morgan fingerprint density at radius 1 is 1.00 bits per heavy atom. The maximum Gasteiger partial charge on any atom is 0.302 e. The van der Waals surface area contributed by atoms with Crippen LogP contribution in [0.25, 0.3) is 0 Å². The summed E-state index contributed by atoms with van der Waals surface area (Å²) in [7, 11) is 1.99. The minimum absolute atomic E-state index is 0.00776. The van der Waals surface area contributed by atoms with Crippen molar-refractivity contribution in [3.05, 3.63) is 11.1 Å². The summed E-state index contributed by atoms with van der Waals surface area (Å²) in [6.45, 7) is 15.8. The van der Waals surface area contributed by atoms with Gasteiger partial charge in [0.25, 0.3) is 0 Å². The van der Waals surface area contributed by atoms with Gasteiger partial charge in [-0.2, -0.15) is 0 Å². The molecule has 5 saturated carbocycles. The number of fused-ring (bicyclic) bond motifs is 4. The van der Waals surface area contributed by atoms with E-state index in [4.69, 9.17) is 9.47 Å². The molecule has 0 aliphatic heterocycles. The van der Waals surface area contributed by atoms with Crippen LogP contribution in [-0.2, 0) is 14.3 Å². The fourth-order valence-corrected chi connectivity index (χ4v) is 10.8. The monoisotopic (exact) mass is 470 g/mol. The lowest BCUT2D eigenvalue weighted by molar-refractivity contribution is -0.166. The van der Waals surface area contributed by atoms with Gasteiger partial charge in [-0.1, -0.05) is 31.9 Å². The zero-order chi connectivity index (χ0) is 24.6.